The summed E-state index contributed by atoms with van der Waals surface area (Å²) in [6.45, 7) is 3.11. The van der Waals surface area contributed by atoms with Crippen LogP contribution in [0.25, 0.3) is 0 Å². The molecule has 1 N–H and O–H groups in total. The molecule has 0 saturated heterocycles. The zero-order chi connectivity index (χ0) is 5.91. The Balaban J connectivity index is 0. The molecule has 0 aliphatic rings. The van der Waals surface area contributed by atoms with Crippen LogP contribution in [0.4, 0.5) is 0 Å². The first kappa shape index (κ1) is 11.1. The third-order valence-corrected chi connectivity index (χ3v) is 0.985. The van der Waals surface area contributed by atoms with Crippen LogP contribution in [0, 0.1) is 0 Å². The molecule has 0 bridgehead atoms. The molecule has 0 saturated carbocycles. The van der Waals surface area contributed by atoms with Crippen LogP contribution in [0.15, 0.2) is 12.7 Å². The summed E-state index contributed by atoms with van der Waals surface area (Å²) in [5.74, 6) is -0.368. The Morgan fingerprint density at radius 1 is 1.62 bits per heavy atom. The SMILES string of the molecule is C=CCS(=O)(=O)O.[LiH]. The zero-order valence-electron chi connectivity index (χ0n) is 3.66. The van der Waals surface area contributed by atoms with E-state index in [0.29, 0.717) is 0 Å². The second kappa shape index (κ2) is 4.16. The molecule has 0 unspecified atom stereocenters. The van der Waals surface area contributed by atoms with Gasteiger partial charge in [-0.3, -0.25) is 4.55 Å². The van der Waals surface area contributed by atoms with Gasteiger partial charge in [-0.05, 0) is 0 Å². The predicted molar refractivity (Wildman–Crippen MR) is 33.8 cm³/mol. The van der Waals surface area contributed by atoms with Crippen LogP contribution < -0.4 is 0 Å². The summed E-state index contributed by atoms with van der Waals surface area (Å²) in [4.78, 5) is 0. The fourth-order valence-electron chi connectivity index (χ4n) is 0.149. The van der Waals surface area contributed by atoms with Crippen molar-refractivity contribution in [1.29, 1.82) is 0 Å². The van der Waals surface area contributed by atoms with E-state index in [0.717, 1.165) is 6.08 Å². The van der Waals surface area contributed by atoms with E-state index in [4.69, 9.17) is 4.55 Å². The summed E-state index contributed by atoms with van der Waals surface area (Å²) in [6, 6.07) is 0. The van der Waals surface area contributed by atoms with Crippen LogP contribution in [0.3, 0.4) is 0 Å². The minimum atomic E-state index is -3.79. The van der Waals surface area contributed by atoms with Crippen molar-refractivity contribution in [3.63, 3.8) is 0 Å². The minimum absolute atomic E-state index is 0. The van der Waals surface area contributed by atoms with E-state index >= 15 is 0 Å². The summed E-state index contributed by atoms with van der Waals surface area (Å²) in [5.41, 5.74) is 0. The van der Waals surface area contributed by atoms with Crippen LogP contribution >= 0.6 is 0 Å². The molecule has 0 aliphatic heterocycles. The van der Waals surface area contributed by atoms with Crippen LogP contribution in [0.5, 0.6) is 0 Å². The summed E-state index contributed by atoms with van der Waals surface area (Å²) >= 11 is 0. The Labute approximate surface area is 60.7 Å². The molecule has 3 nitrogen and oxygen atoms in total. The van der Waals surface area contributed by atoms with E-state index in [1.807, 2.05) is 0 Å². The van der Waals surface area contributed by atoms with Gasteiger partial charge in [-0.25, -0.2) is 0 Å². The molecule has 0 spiro atoms. The van der Waals surface area contributed by atoms with Gasteiger partial charge in [0.25, 0.3) is 10.1 Å². The van der Waals surface area contributed by atoms with Crippen molar-refractivity contribution in [2.45, 2.75) is 0 Å². The molecule has 0 aromatic rings. The van der Waals surface area contributed by atoms with Gasteiger partial charge in [-0.1, -0.05) is 6.08 Å². The van der Waals surface area contributed by atoms with Crippen LogP contribution in [-0.4, -0.2) is 37.6 Å². The van der Waals surface area contributed by atoms with Crippen LogP contribution in [0.2, 0.25) is 0 Å². The van der Waals surface area contributed by atoms with E-state index in [1.54, 1.807) is 0 Å². The normalized spacial score (nSPS) is 9.62. The fraction of sp³-hybridized carbons (Fsp3) is 0.333. The van der Waals surface area contributed by atoms with Crippen molar-refractivity contribution in [3.8, 4) is 0 Å². The number of rotatable bonds is 2. The summed E-state index contributed by atoms with van der Waals surface area (Å²) in [7, 11) is -3.79. The second-order valence-corrected chi connectivity index (χ2v) is 2.53. The molecule has 8 heavy (non-hydrogen) atoms. The van der Waals surface area contributed by atoms with E-state index < -0.39 is 10.1 Å². The monoisotopic (exact) mass is 130 g/mol. The average Bonchev–Trinajstić information content (AvgIpc) is 1.30. The molecule has 0 radical (unpaired) electrons. The second-order valence-electron chi connectivity index (χ2n) is 1.04. The van der Waals surface area contributed by atoms with Crippen molar-refractivity contribution in [1.82, 2.24) is 0 Å². The maximum atomic E-state index is 9.72. The van der Waals surface area contributed by atoms with Gasteiger partial charge in [0.15, 0.2) is 0 Å². The fourth-order valence-corrected chi connectivity index (χ4v) is 0.447. The first-order valence-corrected chi connectivity index (χ1v) is 3.23. The van der Waals surface area contributed by atoms with E-state index in [2.05, 4.69) is 6.58 Å². The molecule has 0 rings (SSSR count). The molecule has 0 aromatic heterocycles. The topological polar surface area (TPSA) is 54.4 Å². The standard InChI is InChI=1S/C3H6O3S.Li.H/c1-2-3-7(4,5)6;;/h2H,1,3H2,(H,4,5,6);;. The van der Waals surface area contributed by atoms with Gasteiger partial charge >= 0.3 is 18.9 Å². The molecular formula is C3H7LiO3S. The van der Waals surface area contributed by atoms with E-state index in [9.17, 15) is 8.42 Å². The first-order valence-electron chi connectivity index (χ1n) is 1.62. The third-order valence-electron chi connectivity index (χ3n) is 0.328. The Bertz CT molecular complexity index is 148. The average molecular weight is 130 g/mol. The molecule has 0 fully saturated rings. The van der Waals surface area contributed by atoms with Crippen molar-refractivity contribution in [3.05, 3.63) is 12.7 Å². The van der Waals surface area contributed by atoms with Crippen molar-refractivity contribution >= 4 is 29.0 Å². The maximum absolute atomic E-state index is 9.72. The number of hydrogen-bond acceptors (Lipinski definition) is 2. The molecule has 0 aromatic carbocycles. The van der Waals surface area contributed by atoms with E-state index in [1.165, 1.54) is 0 Å². The van der Waals surface area contributed by atoms with Gasteiger partial charge in [0, 0.05) is 0 Å². The molecule has 0 amide bonds. The van der Waals surface area contributed by atoms with E-state index in [-0.39, 0.29) is 24.6 Å². The van der Waals surface area contributed by atoms with Crippen molar-refractivity contribution in [2.24, 2.45) is 0 Å². The summed E-state index contributed by atoms with van der Waals surface area (Å²) in [5, 5.41) is 0. The van der Waals surface area contributed by atoms with Crippen LogP contribution in [0.1, 0.15) is 0 Å². The Hall–Kier alpha value is 0.247. The van der Waals surface area contributed by atoms with Gasteiger partial charge in [0.2, 0.25) is 0 Å². The zero-order valence-corrected chi connectivity index (χ0v) is 4.48. The molecule has 5 heteroatoms. The van der Waals surface area contributed by atoms with Gasteiger partial charge in [0.1, 0.15) is 0 Å². The third kappa shape index (κ3) is 9.54. The molecular weight excluding hydrogens is 123 g/mol. The van der Waals surface area contributed by atoms with Crippen LogP contribution in [-0.2, 0) is 10.1 Å². The predicted octanol–water partition coefficient (Wildman–Crippen LogP) is -0.588. The van der Waals surface area contributed by atoms with Crippen molar-refractivity contribution < 1.29 is 13.0 Å². The quantitative estimate of drug-likeness (QED) is 0.309. The van der Waals surface area contributed by atoms with Gasteiger partial charge in [-0.2, -0.15) is 8.42 Å². The molecule has 0 atom stereocenters. The van der Waals surface area contributed by atoms with Gasteiger partial charge in [0.05, 0.1) is 5.75 Å². The molecule has 0 aliphatic carbocycles. The molecule has 0 heterocycles. The molecule has 44 valence electrons. The van der Waals surface area contributed by atoms with Gasteiger partial charge in [-0.15, -0.1) is 6.58 Å². The first-order chi connectivity index (χ1) is 3.06. The Kier molecular flexibility index (Phi) is 5.77. The summed E-state index contributed by atoms with van der Waals surface area (Å²) < 4.78 is 27.3. The number of hydrogen-bond donors (Lipinski definition) is 1. The summed E-state index contributed by atoms with van der Waals surface area (Å²) in [6.07, 6.45) is 1.12. The van der Waals surface area contributed by atoms with Crippen molar-refractivity contribution in [2.75, 3.05) is 5.75 Å². The Morgan fingerprint density at radius 3 is 2.00 bits per heavy atom. The Morgan fingerprint density at radius 2 is 2.00 bits per heavy atom. The van der Waals surface area contributed by atoms with Gasteiger partial charge < -0.3 is 0 Å².